The van der Waals surface area contributed by atoms with Crippen molar-refractivity contribution in [1.29, 1.82) is 0 Å². The number of hydrogen-bond acceptors (Lipinski definition) is 1. The van der Waals surface area contributed by atoms with E-state index in [4.69, 9.17) is 0 Å². The van der Waals surface area contributed by atoms with Gasteiger partial charge >= 0.3 is 0 Å². The third-order valence-electron chi connectivity index (χ3n) is 2.59. The lowest BCUT2D eigenvalue weighted by atomic mass is 10.1. The van der Waals surface area contributed by atoms with Crippen LogP contribution in [0.4, 0.5) is 5.69 Å². The number of benzene rings is 1. The Labute approximate surface area is 129 Å². The Morgan fingerprint density at radius 1 is 0.941 bits per heavy atom. The Balaban J connectivity index is 2.36. The van der Waals surface area contributed by atoms with E-state index >= 15 is 0 Å². The van der Waals surface area contributed by atoms with Gasteiger partial charge in [0.2, 0.25) is 0 Å². The summed E-state index contributed by atoms with van der Waals surface area (Å²) >= 11 is 10.6. The molecule has 1 N–H and O–H groups in total. The maximum absolute atomic E-state index is 3.57. The topological polar surface area (TPSA) is 12.0 Å². The van der Waals surface area contributed by atoms with Gasteiger partial charge in [0.1, 0.15) is 0 Å². The third kappa shape index (κ3) is 5.75. The summed E-state index contributed by atoms with van der Waals surface area (Å²) in [6, 6.07) is 4.12. The van der Waals surface area contributed by atoms with Crippen LogP contribution in [0, 0.1) is 0 Å². The summed E-state index contributed by atoms with van der Waals surface area (Å²) in [6.45, 7) is 3.27. The highest BCUT2D eigenvalue weighted by molar-refractivity contribution is 9.11. The van der Waals surface area contributed by atoms with Gasteiger partial charge in [0.05, 0.1) is 5.69 Å². The smallest absolute Gasteiger partial charge is 0.0629 e. The van der Waals surface area contributed by atoms with E-state index < -0.39 is 0 Å². The second-order valence-electron chi connectivity index (χ2n) is 4.09. The molecule has 0 atom stereocenters. The Morgan fingerprint density at radius 3 is 2.12 bits per heavy atom. The molecule has 0 unspecified atom stereocenters. The fraction of sp³-hybridized carbons (Fsp3) is 0.538. The van der Waals surface area contributed by atoms with E-state index in [1.54, 1.807) is 0 Å². The van der Waals surface area contributed by atoms with Crippen molar-refractivity contribution in [2.24, 2.45) is 0 Å². The normalized spacial score (nSPS) is 10.6. The molecule has 0 saturated carbocycles. The van der Waals surface area contributed by atoms with Gasteiger partial charge in [-0.25, -0.2) is 0 Å². The summed E-state index contributed by atoms with van der Waals surface area (Å²) in [6.07, 6.45) is 6.55. The van der Waals surface area contributed by atoms with Crippen LogP contribution in [0.5, 0.6) is 0 Å². The summed E-state index contributed by atoms with van der Waals surface area (Å²) in [5, 5.41) is 3.47. The lowest BCUT2D eigenvalue weighted by Gasteiger charge is -2.11. The first kappa shape index (κ1) is 15.5. The van der Waals surface area contributed by atoms with E-state index in [0.717, 1.165) is 25.7 Å². The SMILES string of the molecule is CCCCCCCNc1c(Br)cc(Br)cc1Br. The van der Waals surface area contributed by atoms with Crippen LogP contribution in [0.1, 0.15) is 39.0 Å². The second-order valence-corrected chi connectivity index (χ2v) is 6.71. The van der Waals surface area contributed by atoms with Gasteiger partial charge in [0.15, 0.2) is 0 Å². The van der Waals surface area contributed by atoms with E-state index in [1.807, 2.05) is 0 Å². The molecule has 0 aliphatic rings. The number of unbranched alkanes of at least 4 members (excludes halogenated alkanes) is 4. The van der Waals surface area contributed by atoms with Gasteiger partial charge in [-0.05, 0) is 50.4 Å². The van der Waals surface area contributed by atoms with Crippen molar-refractivity contribution >= 4 is 53.5 Å². The van der Waals surface area contributed by atoms with E-state index in [1.165, 1.54) is 32.1 Å². The Hall–Kier alpha value is 0.460. The molecule has 4 heteroatoms. The van der Waals surface area contributed by atoms with Crippen LogP contribution < -0.4 is 5.32 Å². The summed E-state index contributed by atoms with van der Waals surface area (Å²) in [7, 11) is 0. The Bertz CT molecular complexity index is 330. The maximum Gasteiger partial charge on any atom is 0.0629 e. The predicted molar refractivity (Wildman–Crippen MR) is 86.8 cm³/mol. The molecule has 0 aliphatic heterocycles. The molecule has 0 saturated heterocycles. The summed E-state index contributed by atoms with van der Waals surface area (Å²) in [4.78, 5) is 0. The van der Waals surface area contributed by atoms with E-state index in [-0.39, 0.29) is 0 Å². The molecule has 0 fully saturated rings. The molecular weight excluding hydrogens is 410 g/mol. The molecule has 0 radical (unpaired) electrons. The van der Waals surface area contributed by atoms with Crippen LogP contribution in [-0.4, -0.2) is 6.54 Å². The van der Waals surface area contributed by atoms with Crippen LogP contribution in [-0.2, 0) is 0 Å². The first-order valence-corrected chi connectivity index (χ1v) is 8.41. The lowest BCUT2D eigenvalue weighted by molar-refractivity contribution is 0.645. The minimum Gasteiger partial charge on any atom is -0.383 e. The molecule has 1 nitrogen and oxygen atoms in total. The van der Waals surface area contributed by atoms with Crippen LogP contribution >= 0.6 is 47.8 Å². The zero-order chi connectivity index (χ0) is 12.7. The average Bonchev–Trinajstić information content (AvgIpc) is 2.26. The highest BCUT2D eigenvalue weighted by Gasteiger charge is 2.05. The second kappa shape index (κ2) is 8.54. The Kier molecular flexibility index (Phi) is 7.80. The van der Waals surface area contributed by atoms with Gasteiger partial charge in [-0.3, -0.25) is 0 Å². The molecule has 0 heterocycles. The fourth-order valence-electron chi connectivity index (χ4n) is 1.65. The van der Waals surface area contributed by atoms with Crippen molar-refractivity contribution in [2.75, 3.05) is 11.9 Å². The molecule has 0 bridgehead atoms. The van der Waals surface area contributed by atoms with E-state index in [9.17, 15) is 0 Å². The molecule has 0 aliphatic carbocycles. The molecule has 1 rings (SSSR count). The number of hydrogen-bond donors (Lipinski definition) is 1. The van der Waals surface area contributed by atoms with Crippen molar-refractivity contribution < 1.29 is 0 Å². The van der Waals surface area contributed by atoms with Crippen molar-refractivity contribution in [1.82, 2.24) is 0 Å². The maximum atomic E-state index is 3.57. The molecule has 17 heavy (non-hydrogen) atoms. The van der Waals surface area contributed by atoms with Crippen molar-refractivity contribution in [3.8, 4) is 0 Å². The highest BCUT2D eigenvalue weighted by Crippen LogP contribution is 2.34. The minimum absolute atomic E-state index is 1.03. The van der Waals surface area contributed by atoms with Crippen molar-refractivity contribution in [3.63, 3.8) is 0 Å². The standard InChI is InChI=1S/C13H18Br3N/c1-2-3-4-5-6-7-17-13-11(15)8-10(14)9-12(13)16/h8-9,17H,2-7H2,1H3. The fourth-order valence-corrected chi connectivity index (χ4v) is 4.19. The van der Waals surface area contributed by atoms with Gasteiger partial charge in [0.25, 0.3) is 0 Å². The van der Waals surface area contributed by atoms with Crippen LogP contribution in [0.3, 0.4) is 0 Å². The minimum atomic E-state index is 1.03. The molecule has 0 amide bonds. The first-order chi connectivity index (χ1) is 8.15. The molecular formula is C13H18Br3N. The Morgan fingerprint density at radius 2 is 1.53 bits per heavy atom. The molecule has 1 aromatic carbocycles. The molecule has 1 aromatic rings. The quantitative estimate of drug-likeness (QED) is 0.499. The van der Waals surface area contributed by atoms with Gasteiger partial charge in [-0.2, -0.15) is 0 Å². The van der Waals surface area contributed by atoms with Crippen LogP contribution in [0.2, 0.25) is 0 Å². The molecule has 96 valence electrons. The number of nitrogens with one attached hydrogen (secondary N) is 1. The summed E-state index contributed by atoms with van der Waals surface area (Å²) < 4.78 is 3.25. The zero-order valence-corrected chi connectivity index (χ0v) is 14.8. The predicted octanol–water partition coefficient (Wildman–Crippen LogP) is 6.36. The molecule has 0 aromatic heterocycles. The van der Waals surface area contributed by atoms with E-state index in [2.05, 4.69) is 72.2 Å². The van der Waals surface area contributed by atoms with Crippen molar-refractivity contribution in [2.45, 2.75) is 39.0 Å². The van der Waals surface area contributed by atoms with Gasteiger partial charge < -0.3 is 5.32 Å². The van der Waals surface area contributed by atoms with Crippen molar-refractivity contribution in [3.05, 3.63) is 25.6 Å². The van der Waals surface area contributed by atoms with E-state index in [0.29, 0.717) is 0 Å². The third-order valence-corrected chi connectivity index (χ3v) is 4.30. The zero-order valence-electron chi connectivity index (χ0n) is 10.0. The van der Waals surface area contributed by atoms with Gasteiger partial charge in [-0.15, -0.1) is 0 Å². The van der Waals surface area contributed by atoms with Gasteiger partial charge in [0, 0.05) is 20.0 Å². The number of anilines is 1. The lowest BCUT2D eigenvalue weighted by Crippen LogP contribution is -2.02. The largest absolute Gasteiger partial charge is 0.383 e. The molecule has 0 spiro atoms. The highest BCUT2D eigenvalue weighted by atomic mass is 79.9. The monoisotopic (exact) mass is 425 g/mol. The average molecular weight is 428 g/mol. The van der Waals surface area contributed by atoms with Gasteiger partial charge in [-0.1, -0.05) is 48.5 Å². The van der Waals surface area contributed by atoms with Crippen LogP contribution in [0.15, 0.2) is 25.6 Å². The number of rotatable bonds is 7. The van der Waals surface area contributed by atoms with Crippen LogP contribution in [0.25, 0.3) is 0 Å². The number of halogens is 3. The first-order valence-electron chi connectivity index (χ1n) is 6.03. The summed E-state index contributed by atoms with van der Waals surface area (Å²) in [5.74, 6) is 0. The summed E-state index contributed by atoms with van der Waals surface area (Å²) in [5.41, 5.74) is 1.14.